The Morgan fingerprint density at radius 3 is 2.48 bits per heavy atom. The summed E-state index contributed by atoms with van der Waals surface area (Å²) < 4.78 is 0. The van der Waals surface area contributed by atoms with E-state index in [1.54, 1.807) is 12.1 Å². The summed E-state index contributed by atoms with van der Waals surface area (Å²) in [6.45, 7) is 4.13. The van der Waals surface area contributed by atoms with Gasteiger partial charge in [-0.2, -0.15) is 0 Å². The van der Waals surface area contributed by atoms with Crippen molar-refractivity contribution < 1.29 is 14.7 Å². The Bertz CT molecular complexity index is 541. The summed E-state index contributed by atoms with van der Waals surface area (Å²) in [4.78, 5) is 29.1. The minimum atomic E-state index is -1.01. The van der Waals surface area contributed by atoms with Crippen molar-refractivity contribution in [1.82, 2.24) is 9.88 Å². The average molecular weight is 288 g/mol. The van der Waals surface area contributed by atoms with Crippen molar-refractivity contribution in [2.75, 3.05) is 0 Å². The first-order valence-corrected chi connectivity index (χ1v) is 7.18. The topological polar surface area (TPSA) is 70.5 Å². The smallest absolute Gasteiger partial charge is 0.328 e. The second-order valence-electron chi connectivity index (χ2n) is 5.49. The van der Waals surface area contributed by atoms with Crippen LogP contribution in [0.15, 0.2) is 24.4 Å². The molecule has 0 saturated carbocycles. The Morgan fingerprint density at radius 2 is 1.95 bits per heavy atom. The molecular weight excluding hydrogens is 268 g/mol. The molecule has 21 heavy (non-hydrogen) atoms. The fourth-order valence-electron chi connectivity index (χ4n) is 2.75. The van der Waals surface area contributed by atoms with E-state index < -0.39 is 5.97 Å². The second-order valence-corrected chi connectivity index (χ2v) is 5.49. The van der Waals surface area contributed by atoms with Gasteiger partial charge in [-0.3, -0.25) is 9.78 Å². The molecule has 0 radical (unpaired) electrons. The fraction of sp³-hybridized carbons (Fsp3) is 0.438. The number of pyridine rings is 1. The molecule has 0 aromatic carbocycles. The van der Waals surface area contributed by atoms with E-state index in [-0.39, 0.29) is 18.0 Å². The molecule has 1 aromatic heterocycles. The predicted molar refractivity (Wildman–Crippen MR) is 79.9 cm³/mol. The number of carboxylic acid groups (broad SMARTS) is 1. The number of likely N-dealkylation sites (tertiary alicyclic amines) is 1. The fourth-order valence-corrected chi connectivity index (χ4v) is 2.75. The van der Waals surface area contributed by atoms with E-state index in [0.717, 1.165) is 25.3 Å². The van der Waals surface area contributed by atoms with Gasteiger partial charge in [0.05, 0.1) is 0 Å². The molecule has 0 spiro atoms. The normalized spacial score (nSPS) is 22.5. The highest BCUT2D eigenvalue weighted by atomic mass is 16.4. The van der Waals surface area contributed by atoms with Crippen molar-refractivity contribution in [3.8, 4) is 0 Å². The molecule has 1 aromatic rings. The van der Waals surface area contributed by atoms with Gasteiger partial charge in [-0.25, -0.2) is 4.79 Å². The summed E-state index contributed by atoms with van der Waals surface area (Å²) in [7, 11) is 0. The van der Waals surface area contributed by atoms with E-state index in [9.17, 15) is 9.59 Å². The zero-order valence-electron chi connectivity index (χ0n) is 12.3. The summed E-state index contributed by atoms with van der Waals surface area (Å²) in [6.07, 6.45) is 7.22. The van der Waals surface area contributed by atoms with Crippen molar-refractivity contribution in [2.24, 2.45) is 0 Å². The molecule has 1 fully saturated rings. The molecule has 0 aliphatic carbocycles. The van der Waals surface area contributed by atoms with Crippen molar-refractivity contribution in [3.05, 3.63) is 35.7 Å². The lowest BCUT2D eigenvalue weighted by Crippen LogP contribution is -2.47. The number of aromatic nitrogens is 1. The van der Waals surface area contributed by atoms with Gasteiger partial charge in [0, 0.05) is 24.4 Å². The molecule has 5 heteroatoms. The average Bonchev–Trinajstić information content (AvgIpc) is 2.45. The van der Waals surface area contributed by atoms with E-state index in [1.165, 1.54) is 12.3 Å². The van der Waals surface area contributed by atoms with Crippen LogP contribution in [0.3, 0.4) is 0 Å². The molecule has 1 amide bonds. The van der Waals surface area contributed by atoms with Crippen molar-refractivity contribution in [3.63, 3.8) is 0 Å². The van der Waals surface area contributed by atoms with Gasteiger partial charge in [-0.05, 0) is 50.8 Å². The minimum Gasteiger partial charge on any atom is -0.478 e. The van der Waals surface area contributed by atoms with Crippen LogP contribution < -0.4 is 0 Å². The van der Waals surface area contributed by atoms with Crippen LogP contribution in [0.1, 0.15) is 49.2 Å². The number of carbonyl (C=O) groups is 2. The largest absolute Gasteiger partial charge is 0.478 e. The van der Waals surface area contributed by atoms with Crippen molar-refractivity contribution >= 4 is 18.0 Å². The molecule has 1 aliphatic heterocycles. The highest BCUT2D eigenvalue weighted by Gasteiger charge is 2.30. The van der Waals surface area contributed by atoms with Gasteiger partial charge >= 0.3 is 5.97 Å². The molecular formula is C16H20N2O3. The monoisotopic (exact) mass is 288 g/mol. The van der Waals surface area contributed by atoms with Crippen LogP contribution in [0, 0.1) is 0 Å². The minimum absolute atomic E-state index is 0.0523. The molecule has 2 heterocycles. The van der Waals surface area contributed by atoms with Gasteiger partial charge < -0.3 is 10.0 Å². The first-order valence-electron chi connectivity index (χ1n) is 7.18. The lowest BCUT2D eigenvalue weighted by atomic mass is 9.97. The van der Waals surface area contributed by atoms with E-state index in [4.69, 9.17) is 5.11 Å². The standard InChI is InChI=1S/C16H20N2O3/c1-11-4-3-5-12(2)18(11)16(21)14-8-6-13(10-17-14)7-9-15(19)20/h6-12H,3-5H2,1-2H3,(H,19,20). The van der Waals surface area contributed by atoms with Gasteiger partial charge in [0.25, 0.3) is 5.91 Å². The Balaban J connectivity index is 2.14. The van der Waals surface area contributed by atoms with Gasteiger partial charge in [-0.15, -0.1) is 0 Å². The molecule has 5 nitrogen and oxygen atoms in total. The zero-order chi connectivity index (χ0) is 15.4. The lowest BCUT2D eigenvalue weighted by molar-refractivity contribution is -0.131. The Morgan fingerprint density at radius 1 is 1.29 bits per heavy atom. The van der Waals surface area contributed by atoms with Crippen LogP contribution in [-0.4, -0.2) is 39.0 Å². The quantitative estimate of drug-likeness (QED) is 0.868. The van der Waals surface area contributed by atoms with Crippen molar-refractivity contribution in [1.29, 1.82) is 0 Å². The summed E-state index contributed by atoms with van der Waals surface area (Å²) in [5.74, 6) is -1.06. The number of aliphatic carboxylic acids is 1. The van der Waals surface area contributed by atoms with Crippen LogP contribution in [0.25, 0.3) is 6.08 Å². The predicted octanol–water partition coefficient (Wildman–Crippen LogP) is 2.58. The maximum absolute atomic E-state index is 12.5. The summed E-state index contributed by atoms with van der Waals surface area (Å²) in [5, 5.41) is 8.58. The van der Waals surface area contributed by atoms with Gasteiger partial charge in [0.1, 0.15) is 5.69 Å². The molecule has 2 rings (SSSR count). The van der Waals surface area contributed by atoms with E-state index >= 15 is 0 Å². The van der Waals surface area contributed by atoms with Crippen LogP contribution in [0.4, 0.5) is 0 Å². The van der Waals surface area contributed by atoms with Crippen LogP contribution in [-0.2, 0) is 4.79 Å². The van der Waals surface area contributed by atoms with Crippen LogP contribution in [0.5, 0.6) is 0 Å². The number of piperidine rings is 1. The third-order valence-corrected chi connectivity index (χ3v) is 3.85. The van der Waals surface area contributed by atoms with E-state index in [1.807, 2.05) is 4.90 Å². The molecule has 0 bridgehead atoms. The van der Waals surface area contributed by atoms with E-state index in [2.05, 4.69) is 18.8 Å². The number of amides is 1. The van der Waals surface area contributed by atoms with E-state index in [0.29, 0.717) is 11.3 Å². The number of rotatable bonds is 3. The number of hydrogen-bond donors (Lipinski definition) is 1. The first-order chi connectivity index (χ1) is 9.99. The summed E-state index contributed by atoms with van der Waals surface area (Å²) in [5.41, 5.74) is 1.07. The molecule has 112 valence electrons. The molecule has 1 N–H and O–H groups in total. The highest BCUT2D eigenvalue weighted by Crippen LogP contribution is 2.24. The number of carbonyl (C=O) groups excluding carboxylic acids is 1. The summed E-state index contributed by atoms with van der Waals surface area (Å²) in [6, 6.07) is 3.82. The molecule has 1 aliphatic rings. The Kier molecular flexibility index (Phi) is 4.73. The highest BCUT2D eigenvalue weighted by molar-refractivity contribution is 5.93. The Labute approximate surface area is 124 Å². The molecule has 2 atom stereocenters. The maximum Gasteiger partial charge on any atom is 0.328 e. The SMILES string of the molecule is CC1CCCC(C)N1C(=O)c1ccc(C=CC(=O)O)cn1. The van der Waals surface area contributed by atoms with Gasteiger partial charge in [0.2, 0.25) is 0 Å². The van der Waals surface area contributed by atoms with Crippen LogP contribution in [0.2, 0.25) is 0 Å². The number of carboxylic acids is 1. The number of hydrogen-bond acceptors (Lipinski definition) is 3. The van der Waals surface area contributed by atoms with Gasteiger partial charge in [-0.1, -0.05) is 6.07 Å². The zero-order valence-corrected chi connectivity index (χ0v) is 12.3. The second kappa shape index (κ2) is 6.52. The third-order valence-electron chi connectivity index (χ3n) is 3.85. The molecule has 2 unspecified atom stereocenters. The Hall–Kier alpha value is -2.17. The van der Waals surface area contributed by atoms with Crippen LogP contribution >= 0.6 is 0 Å². The first kappa shape index (κ1) is 15.2. The molecule has 1 saturated heterocycles. The third kappa shape index (κ3) is 3.68. The van der Waals surface area contributed by atoms with Crippen molar-refractivity contribution in [2.45, 2.75) is 45.2 Å². The lowest BCUT2D eigenvalue weighted by Gasteiger charge is -2.38. The summed E-state index contributed by atoms with van der Waals surface area (Å²) >= 11 is 0. The van der Waals surface area contributed by atoms with Gasteiger partial charge in [0.15, 0.2) is 0 Å². The number of nitrogens with zero attached hydrogens (tertiary/aromatic N) is 2. The maximum atomic E-state index is 12.5.